The van der Waals surface area contributed by atoms with E-state index in [9.17, 15) is 18.0 Å². The zero-order valence-electron chi connectivity index (χ0n) is 16.8. The number of anilines is 1. The average Bonchev–Trinajstić information content (AvgIpc) is 2.73. The van der Waals surface area contributed by atoms with Gasteiger partial charge in [-0.15, -0.1) is 0 Å². The van der Waals surface area contributed by atoms with Gasteiger partial charge in [0.25, 0.3) is 0 Å². The molecule has 30 heavy (non-hydrogen) atoms. The van der Waals surface area contributed by atoms with Gasteiger partial charge in [0.05, 0.1) is 4.90 Å². The Balaban J connectivity index is 1.49. The molecule has 0 aliphatic carbocycles. The van der Waals surface area contributed by atoms with Crippen molar-refractivity contribution < 1.29 is 18.0 Å². The van der Waals surface area contributed by atoms with Gasteiger partial charge in [-0.2, -0.15) is 4.31 Å². The van der Waals surface area contributed by atoms with Crippen LogP contribution < -0.4 is 16.0 Å². The molecule has 1 fully saturated rings. The van der Waals surface area contributed by atoms with Crippen LogP contribution in [0.2, 0.25) is 0 Å². The number of amides is 3. The molecule has 0 spiro atoms. The van der Waals surface area contributed by atoms with Gasteiger partial charge in [0.15, 0.2) is 0 Å². The first kappa shape index (κ1) is 21.8. The SMILES string of the molecule is CC(=O)Nc1ccc(S(=O)(=O)N2CCC(NC(=O)NCc3ccccc3)CC2)cc1. The van der Waals surface area contributed by atoms with Crippen molar-refractivity contribution in [1.82, 2.24) is 14.9 Å². The van der Waals surface area contributed by atoms with Crippen LogP contribution in [-0.2, 0) is 21.4 Å². The Morgan fingerprint density at radius 2 is 1.63 bits per heavy atom. The molecule has 1 aliphatic rings. The topological polar surface area (TPSA) is 108 Å². The van der Waals surface area contributed by atoms with Gasteiger partial charge >= 0.3 is 6.03 Å². The number of rotatable bonds is 6. The molecule has 0 aromatic heterocycles. The van der Waals surface area contributed by atoms with Gasteiger partial charge in [0.2, 0.25) is 15.9 Å². The van der Waals surface area contributed by atoms with Crippen molar-refractivity contribution in [1.29, 1.82) is 0 Å². The predicted octanol–water partition coefficient (Wildman–Crippen LogP) is 2.30. The van der Waals surface area contributed by atoms with Crippen molar-refractivity contribution in [3.63, 3.8) is 0 Å². The summed E-state index contributed by atoms with van der Waals surface area (Å²) in [7, 11) is -3.61. The van der Waals surface area contributed by atoms with Crippen LogP contribution in [0.25, 0.3) is 0 Å². The van der Waals surface area contributed by atoms with Crippen LogP contribution in [0.5, 0.6) is 0 Å². The summed E-state index contributed by atoms with van der Waals surface area (Å²) in [4.78, 5) is 23.4. The van der Waals surface area contributed by atoms with Crippen molar-refractivity contribution in [2.24, 2.45) is 0 Å². The molecule has 3 amide bonds. The molecule has 160 valence electrons. The monoisotopic (exact) mass is 430 g/mol. The van der Waals surface area contributed by atoms with Crippen LogP contribution in [-0.4, -0.2) is 43.8 Å². The van der Waals surface area contributed by atoms with Gasteiger partial charge in [-0.05, 0) is 42.7 Å². The zero-order chi connectivity index (χ0) is 21.6. The van der Waals surface area contributed by atoms with Gasteiger partial charge in [-0.1, -0.05) is 30.3 Å². The quantitative estimate of drug-likeness (QED) is 0.653. The number of hydrogen-bond acceptors (Lipinski definition) is 4. The summed E-state index contributed by atoms with van der Waals surface area (Å²) < 4.78 is 27.1. The molecule has 0 atom stereocenters. The maximum absolute atomic E-state index is 12.8. The number of nitrogens with zero attached hydrogens (tertiary/aromatic N) is 1. The standard InChI is InChI=1S/C21H26N4O4S/c1-16(26)23-18-7-9-20(10-8-18)30(28,29)25-13-11-19(12-14-25)24-21(27)22-15-17-5-3-2-4-6-17/h2-10,19H,11-15H2,1H3,(H,23,26)(H2,22,24,27). The highest BCUT2D eigenvalue weighted by atomic mass is 32.2. The number of hydrogen-bond donors (Lipinski definition) is 3. The molecule has 0 radical (unpaired) electrons. The number of nitrogens with one attached hydrogen (secondary N) is 3. The molecular weight excluding hydrogens is 404 g/mol. The normalized spacial score (nSPS) is 15.4. The molecule has 0 saturated carbocycles. The second-order valence-electron chi connectivity index (χ2n) is 7.20. The number of urea groups is 1. The molecule has 0 unspecified atom stereocenters. The third kappa shape index (κ3) is 5.80. The lowest BCUT2D eigenvalue weighted by molar-refractivity contribution is -0.114. The molecular formula is C21H26N4O4S. The first-order valence-corrected chi connectivity index (χ1v) is 11.2. The van der Waals surface area contributed by atoms with Crippen molar-refractivity contribution in [3.05, 3.63) is 60.2 Å². The first-order valence-electron chi connectivity index (χ1n) is 9.81. The summed E-state index contributed by atoms with van der Waals surface area (Å²) in [6.45, 7) is 2.50. The summed E-state index contributed by atoms with van der Waals surface area (Å²) in [5.74, 6) is -0.215. The fourth-order valence-electron chi connectivity index (χ4n) is 3.32. The zero-order valence-corrected chi connectivity index (χ0v) is 17.6. The number of piperidine rings is 1. The Kier molecular flexibility index (Phi) is 7.07. The van der Waals surface area contributed by atoms with E-state index in [1.807, 2.05) is 30.3 Å². The van der Waals surface area contributed by atoms with Gasteiger partial charge < -0.3 is 16.0 Å². The second-order valence-corrected chi connectivity index (χ2v) is 9.13. The van der Waals surface area contributed by atoms with E-state index in [1.165, 1.54) is 23.4 Å². The van der Waals surface area contributed by atoms with Crippen LogP contribution in [0.4, 0.5) is 10.5 Å². The van der Waals surface area contributed by atoms with E-state index < -0.39 is 10.0 Å². The molecule has 2 aromatic rings. The Morgan fingerprint density at radius 3 is 2.23 bits per heavy atom. The van der Waals surface area contributed by atoms with Crippen molar-refractivity contribution in [2.45, 2.75) is 37.2 Å². The summed E-state index contributed by atoms with van der Waals surface area (Å²) in [6, 6.07) is 15.4. The summed E-state index contributed by atoms with van der Waals surface area (Å²) in [5, 5.41) is 8.35. The maximum Gasteiger partial charge on any atom is 0.315 e. The summed E-state index contributed by atoms with van der Waals surface area (Å²) in [6.07, 6.45) is 1.09. The number of carbonyl (C=O) groups excluding carboxylic acids is 2. The highest BCUT2D eigenvalue weighted by Crippen LogP contribution is 2.22. The fraction of sp³-hybridized carbons (Fsp3) is 0.333. The summed E-state index contributed by atoms with van der Waals surface area (Å²) >= 11 is 0. The van der Waals surface area contributed by atoms with E-state index in [0.717, 1.165) is 5.56 Å². The lowest BCUT2D eigenvalue weighted by atomic mass is 10.1. The first-order chi connectivity index (χ1) is 14.3. The van der Waals surface area contributed by atoms with Gasteiger partial charge in [0.1, 0.15) is 0 Å². The van der Waals surface area contributed by atoms with Crippen LogP contribution in [0, 0.1) is 0 Å². The van der Waals surface area contributed by atoms with E-state index in [0.29, 0.717) is 38.2 Å². The second kappa shape index (κ2) is 9.73. The number of benzene rings is 2. The van der Waals surface area contributed by atoms with Gasteiger partial charge in [-0.3, -0.25) is 4.79 Å². The highest BCUT2D eigenvalue weighted by molar-refractivity contribution is 7.89. The maximum atomic E-state index is 12.8. The molecule has 3 N–H and O–H groups in total. The van der Waals surface area contributed by atoms with Gasteiger partial charge in [0, 0.05) is 38.3 Å². The third-order valence-electron chi connectivity index (χ3n) is 4.90. The number of carbonyl (C=O) groups is 2. The van der Waals surface area contributed by atoms with E-state index in [-0.39, 0.29) is 22.9 Å². The smallest absolute Gasteiger partial charge is 0.315 e. The third-order valence-corrected chi connectivity index (χ3v) is 6.81. The minimum absolute atomic E-state index is 0.0747. The Morgan fingerprint density at radius 1 is 1.00 bits per heavy atom. The molecule has 3 rings (SSSR count). The molecule has 1 heterocycles. The lowest BCUT2D eigenvalue weighted by Crippen LogP contribution is -2.48. The van der Waals surface area contributed by atoms with Crippen LogP contribution in [0.1, 0.15) is 25.3 Å². The molecule has 2 aromatic carbocycles. The summed E-state index contributed by atoms with van der Waals surface area (Å²) in [5.41, 5.74) is 1.56. The lowest BCUT2D eigenvalue weighted by Gasteiger charge is -2.31. The van der Waals surface area contributed by atoms with E-state index in [2.05, 4.69) is 16.0 Å². The molecule has 0 bridgehead atoms. The highest BCUT2D eigenvalue weighted by Gasteiger charge is 2.29. The Hall–Kier alpha value is -2.91. The van der Waals surface area contributed by atoms with E-state index in [4.69, 9.17) is 0 Å². The van der Waals surface area contributed by atoms with Crippen LogP contribution in [0.3, 0.4) is 0 Å². The van der Waals surface area contributed by atoms with Crippen molar-refractivity contribution >= 4 is 27.6 Å². The minimum Gasteiger partial charge on any atom is -0.335 e. The number of sulfonamides is 1. The average molecular weight is 431 g/mol. The van der Waals surface area contributed by atoms with Gasteiger partial charge in [-0.25, -0.2) is 13.2 Å². The fourth-order valence-corrected chi connectivity index (χ4v) is 4.79. The Labute approximate surface area is 176 Å². The molecule has 9 heteroatoms. The minimum atomic E-state index is -3.61. The molecule has 1 saturated heterocycles. The molecule has 1 aliphatic heterocycles. The molecule has 8 nitrogen and oxygen atoms in total. The van der Waals surface area contributed by atoms with E-state index >= 15 is 0 Å². The van der Waals surface area contributed by atoms with E-state index in [1.54, 1.807) is 12.1 Å². The van der Waals surface area contributed by atoms with Crippen molar-refractivity contribution in [3.8, 4) is 0 Å². The van der Waals surface area contributed by atoms with Crippen LogP contribution >= 0.6 is 0 Å². The largest absolute Gasteiger partial charge is 0.335 e. The predicted molar refractivity (Wildman–Crippen MR) is 114 cm³/mol. The van der Waals surface area contributed by atoms with Crippen molar-refractivity contribution in [2.75, 3.05) is 18.4 Å². The Bertz CT molecular complexity index is 970. The van der Waals surface area contributed by atoms with Crippen LogP contribution in [0.15, 0.2) is 59.5 Å².